The lowest BCUT2D eigenvalue weighted by Gasteiger charge is -2.07. The molecular weight excluding hydrogens is 291 g/mol. The lowest BCUT2D eigenvalue weighted by molar-refractivity contribution is 0.149. The van der Waals surface area contributed by atoms with Crippen LogP contribution in [0.4, 0.5) is 8.78 Å². The van der Waals surface area contributed by atoms with Gasteiger partial charge in [-0.3, -0.25) is 0 Å². The lowest BCUT2D eigenvalue weighted by Crippen LogP contribution is -1.98. The van der Waals surface area contributed by atoms with Crippen molar-refractivity contribution in [3.05, 3.63) is 20.9 Å². The highest BCUT2D eigenvalue weighted by Gasteiger charge is 2.15. The number of alkyl halides is 2. The van der Waals surface area contributed by atoms with Crippen molar-refractivity contribution in [3.63, 3.8) is 0 Å². The van der Waals surface area contributed by atoms with Crippen LogP contribution in [0.15, 0.2) is 6.07 Å². The second-order valence-electron chi connectivity index (χ2n) is 2.50. The summed E-state index contributed by atoms with van der Waals surface area (Å²) in [5, 5.41) is 0. The van der Waals surface area contributed by atoms with Gasteiger partial charge in [0.2, 0.25) is 5.88 Å². The van der Waals surface area contributed by atoms with Crippen LogP contribution in [-0.2, 0) is 0 Å². The molecular formula is C8H8F2INO. The minimum atomic E-state index is -2.48. The topological polar surface area (TPSA) is 22.1 Å². The molecule has 0 spiro atoms. The number of aromatic nitrogens is 1. The van der Waals surface area contributed by atoms with E-state index < -0.39 is 6.43 Å². The van der Waals surface area contributed by atoms with Gasteiger partial charge in [-0.2, -0.15) is 0 Å². The van der Waals surface area contributed by atoms with Crippen LogP contribution in [0.25, 0.3) is 0 Å². The van der Waals surface area contributed by atoms with E-state index in [2.05, 4.69) is 4.98 Å². The molecule has 0 bridgehead atoms. The predicted molar refractivity (Wildman–Crippen MR) is 53.2 cm³/mol. The fraction of sp³-hybridized carbons (Fsp3) is 0.375. The normalized spacial score (nSPS) is 10.6. The molecule has 0 atom stereocenters. The van der Waals surface area contributed by atoms with Crippen molar-refractivity contribution >= 4 is 22.6 Å². The number of methoxy groups -OCH3 is 1. The van der Waals surface area contributed by atoms with Gasteiger partial charge in [0.1, 0.15) is 3.70 Å². The molecule has 1 aromatic heterocycles. The smallest absolute Gasteiger partial charge is 0.266 e. The number of rotatable bonds is 2. The molecule has 5 heteroatoms. The van der Waals surface area contributed by atoms with Crippen molar-refractivity contribution in [2.45, 2.75) is 13.3 Å². The molecule has 2 nitrogen and oxygen atoms in total. The van der Waals surface area contributed by atoms with Crippen LogP contribution in [0.1, 0.15) is 17.6 Å². The van der Waals surface area contributed by atoms with Crippen LogP contribution in [0.2, 0.25) is 0 Å². The number of hydrogen-bond acceptors (Lipinski definition) is 2. The second kappa shape index (κ2) is 4.17. The van der Waals surface area contributed by atoms with Crippen LogP contribution >= 0.6 is 22.6 Å². The first-order valence-electron chi connectivity index (χ1n) is 3.55. The third-order valence-electron chi connectivity index (χ3n) is 1.58. The minimum absolute atomic E-state index is 0.0427. The molecule has 0 radical (unpaired) electrons. The van der Waals surface area contributed by atoms with Gasteiger partial charge in [0.15, 0.2) is 0 Å². The van der Waals surface area contributed by atoms with Gasteiger partial charge in [-0.1, -0.05) is 0 Å². The molecule has 0 N–H and O–H groups in total. The molecule has 0 aliphatic carbocycles. The predicted octanol–water partition coefficient (Wildman–Crippen LogP) is 2.94. The summed E-state index contributed by atoms with van der Waals surface area (Å²) in [6.45, 7) is 1.69. The van der Waals surface area contributed by atoms with Crippen LogP contribution in [0.5, 0.6) is 5.88 Å². The molecule has 0 amide bonds. The molecule has 72 valence electrons. The van der Waals surface area contributed by atoms with Crippen LogP contribution in [0.3, 0.4) is 0 Å². The number of pyridine rings is 1. The Bertz CT molecular complexity index is 317. The van der Waals surface area contributed by atoms with Crippen molar-refractivity contribution in [1.82, 2.24) is 4.98 Å². The zero-order chi connectivity index (χ0) is 10.0. The highest BCUT2D eigenvalue weighted by atomic mass is 127. The largest absolute Gasteiger partial charge is 0.481 e. The summed E-state index contributed by atoms with van der Waals surface area (Å²) >= 11 is 1.77. The monoisotopic (exact) mass is 299 g/mol. The fourth-order valence-corrected chi connectivity index (χ4v) is 1.57. The van der Waals surface area contributed by atoms with Crippen molar-refractivity contribution in [3.8, 4) is 5.88 Å². The molecule has 0 unspecified atom stereocenters. The van der Waals surface area contributed by atoms with Gasteiger partial charge < -0.3 is 4.74 Å². The summed E-state index contributed by atoms with van der Waals surface area (Å²) in [5.74, 6) is 0.397. The zero-order valence-corrected chi connectivity index (χ0v) is 9.30. The van der Waals surface area contributed by atoms with E-state index in [1.807, 2.05) is 0 Å². The summed E-state index contributed by atoms with van der Waals surface area (Å²) in [6.07, 6.45) is -2.48. The second-order valence-corrected chi connectivity index (χ2v) is 3.52. The van der Waals surface area contributed by atoms with Gasteiger partial charge in [0.05, 0.1) is 12.7 Å². The Morgan fingerprint density at radius 2 is 2.15 bits per heavy atom. The van der Waals surface area contributed by atoms with Gasteiger partial charge in [0, 0.05) is 5.56 Å². The van der Waals surface area contributed by atoms with E-state index in [4.69, 9.17) is 4.74 Å². The molecule has 0 saturated carbocycles. The first-order chi connectivity index (χ1) is 6.06. The van der Waals surface area contributed by atoms with Crippen molar-refractivity contribution in [2.75, 3.05) is 7.11 Å². The third kappa shape index (κ3) is 2.26. The van der Waals surface area contributed by atoms with E-state index in [-0.39, 0.29) is 9.26 Å². The van der Waals surface area contributed by atoms with E-state index in [1.165, 1.54) is 13.2 Å². The highest BCUT2D eigenvalue weighted by Crippen LogP contribution is 2.27. The summed E-state index contributed by atoms with van der Waals surface area (Å²) < 4.78 is 29.9. The van der Waals surface area contributed by atoms with E-state index in [0.717, 1.165) is 0 Å². The highest BCUT2D eigenvalue weighted by molar-refractivity contribution is 14.1. The number of hydrogen-bond donors (Lipinski definition) is 0. The Morgan fingerprint density at radius 3 is 2.62 bits per heavy atom. The Kier molecular flexibility index (Phi) is 3.40. The summed E-state index contributed by atoms with van der Waals surface area (Å²) in [5.41, 5.74) is 0.581. The van der Waals surface area contributed by atoms with Crippen molar-refractivity contribution in [1.29, 1.82) is 0 Å². The average Bonchev–Trinajstić information content (AvgIpc) is 2.07. The summed E-state index contributed by atoms with van der Waals surface area (Å²) in [7, 11) is 1.47. The first kappa shape index (κ1) is 10.6. The fourth-order valence-electron chi connectivity index (χ4n) is 0.956. The van der Waals surface area contributed by atoms with Crippen LogP contribution in [-0.4, -0.2) is 12.1 Å². The first-order valence-corrected chi connectivity index (χ1v) is 4.63. The van der Waals surface area contributed by atoms with Gasteiger partial charge in [-0.25, -0.2) is 13.8 Å². The Balaban J connectivity index is 3.20. The number of aryl methyl sites for hydroxylation is 1. The molecule has 1 aromatic rings. The van der Waals surface area contributed by atoms with Gasteiger partial charge in [-0.05, 0) is 35.6 Å². The zero-order valence-electron chi connectivity index (χ0n) is 7.14. The Morgan fingerprint density at radius 1 is 1.54 bits per heavy atom. The number of ether oxygens (including phenoxy) is 1. The van der Waals surface area contributed by atoms with E-state index >= 15 is 0 Å². The van der Waals surface area contributed by atoms with Gasteiger partial charge >= 0.3 is 0 Å². The molecule has 0 aromatic carbocycles. The average molecular weight is 299 g/mol. The van der Waals surface area contributed by atoms with Crippen molar-refractivity contribution in [2.24, 2.45) is 0 Å². The molecule has 0 fully saturated rings. The van der Waals surface area contributed by atoms with Crippen LogP contribution < -0.4 is 4.74 Å². The lowest BCUT2D eigenvalue weighted by atomic mass is 10.2. The van der Waals surface area contributed by atoms with Crippen LogP contribution in [0, 0.1) is 10.6 Å². The molecule has 1 rings (SSSR count). The van der Waals surface area contributed by atoms with Gasteiger partial charge in [0.25, 0.3) is 6.43 Å². The van der Waals surface area contributed by atoms with E-state index in [0.29, 0.717) is 11.4 Å². The SMILES string of the molecule is COc1nc(I)c(C(F)F)cc1C. The summed E-state index contributed by atoms with van der Waals surface area (Å²) in [6, 6.07) is 1.40. The molecule has 1 heterocycles. The van der Waals surface area contributed by atoms with Gasteiger partial charge in [-0.15, -0.1) is 0 Å². The molecule has 0 aliphatic rings. The van der Waals surface area contributed by atoms with E-state index in [9.17, 15) is 8.78 Å². The molecule has 13 heavy (non-hydrogen) atoms. The minimum Gasteiger partial charge on any atom is -0.481 e. The Labute approximate surface area is 88.5 Å². The Hall–Kier alpha value is -0.460. The third-order valence-corrected chi connectivity index (χ3v) is 2.44. The number of halogens is 3. The maximum atomic E-state index is 12.4. The maximum absolute atomic E-state index is 12.4. The van der Waals surface area contributed by atoms with Crippen molar-refractivity contribution < 1.29 is 13.5 Å². The molecule has 0 saturated heterocycles. The van der Waals surface area contributed by atoms with E-state index in [1.54, 1.807) is 29.5 Å². The number of nitrogens with zero attached hydrogens (tertiary/aromatic N) is 1. The summed E-state index contributed by atoms with van der Waals surface area (Å²) in [4.78, 5) is 3.90. The maximum Gasteiger partial charge on any atom is 0.266 e. The quantitative estimate of drug-likeness (QED) is 0.619. The molecule has 0 aliphatic heterocycles. The standard InChI is InChI=1S/C8H8F2INO/c1-4-3-5(6(9)10)7(11)12-8(4)13-2/h3,6H,1-2H3.